The van der Waals surface area contributed by atoms with Gasteiger partial charge in [0, 0.05) is 17.9 Å². The van der Waals surface area contributed by atoms with Gasteiger partial charge in [-0.2, -0.15) is 0 Å². The van der Waals surface area contributed by atoms with E-state index in [0.29, 0.717) is 11.3 Å². The van der Waals surface area contributed by atoms with Crippen molar-refractivity contribution in [3.63, 3.8) is 0 Å². The number of rotatable bonds is 10. The molecule has 0 aliphatic rings. The highest BCUT2D eigenvalue weighted by atomic mass is 16.5. The van der Waals surface area contributed by atoms with Gasteiger partial charge < -0.3 is 20.7 Å². The van der Waals surface area contributed by atoms with E-state index in [1.165, 1.54) is 0 Å². The highest BCUT2D eigenvalue weighted by Crippen LogP contribution is 2.19. The van der Waals surface area contributed by atoms with E-state index in [1.807, 2.05) is 38.1 Å². The molecule has 3 N–H and O–H groups in total. The molecule has 2 rings (SSSR count). The fourth-order valence-electron chi connectivity index (χ4n) is 2.85. The van der Waals surface area contributed by atoms with Crippen LogP contribution in [0.3, 0.4) is 0 Å². The number of amides is 2. The summed E-state index contributed by atoms with van der Waals surface area (Å²) in [5.74, 6) is -1.49. The lowest BCUT2D eigenvalue weighted by Gasteiger charge is -2.13. The van der Waals surface area contributed by atoms with Crippen molar-refractivity contribution in [2.24, 2.45) is 0 Å². The summed E-state index contributed by atoms with van der Waals surface area (Å²) < 4.78 is 5.10. The predicted molar refractivity (Wildman–Crippen MR) is 118 cm³/mol. The monoisotopic (exact) mass is 411 g/mol. The van der Waals surface area contributed by atoms with Crippen LogP contribution in [0.2, 0.25) is 0 Å². The highest BCUT2D eigenvalue weighted by Gasteiger charge is 2.15. The Hall–Kier alpha value is -3.35. The van der Waals surface area contributed by atoms with Gasteiger partial charge in [-0.1, -0.05) is 43.7 Å². The van der Waals surface area contributed by atoms with Crippen LogP contribution in [0.1, 0.15) is 41.3 Å². The van der Waals surface area contributed by atoms with E-state index in [-0.39, 0.29) is 12.5 Å². The molecule has 0 fully saturated rings. The van der Waals surface area contributed by atoms with Gasteiger partial charge in [-0.25, -0.2) is 4.79 Å². The van der Waals surface area contributed by atoms with Crippen LogP contribution in [0.15, 0.2) is 42.5 Å². The number of nitrogens with one attached hydrogen (secondary N) is 3. The number of carbonyl (C=O) groups excluding carboxylic acids is 3. The van der Waals surface area contributed by atoms with Crippen molar-refractivity contribution in [1.82, 2.24) is 5.32 Å². The van der Waals surface area contributed by atoms with Crippen molar-refractivity contribution in [2.75, 3.05) is 30.3 Å². The molecular formula is C23H29N3O4. The number of esters is 1. The van der Waals surface area contributed by atoms with Gasteiger partial charge in [-0.05, 0) is 43.5 Å². The Morgan fingerprint density at radius 3 is 2.33 bits per heavy atom. The van der Waals surface area contributed by atoms with Crippen molar-refractivity contribution >= 4 is 29.2 Å². The summed E-state index contributed by atoms with van der Waals surface area (Å²) in [6.45, 7) is 5.96. The maximum Gasteiger partial charge on any atom is 0.340 e. The van der Waals surface area contributed by atoms with Crippen molar-refractivity contribution in [3.05, 3.63) is 59.2 Å². The maximum atomic E-state index is 12.3. The van der Waals surface area contributed by atoms with E-state index < -0.39 is 18.5 Å². The molecule has 0 saturated heterocycles. The molecule has 0 aliphatic carbocycles. The van der Waals surface area contributed by atoms with Crippen LogP contribution < -0.4 is 16.0 Å². The van der Waals surface area contributed by atoms with Gasteiger partial charge in [0.15, 0.2) is 6.61 Å². The molecule has 0 unspecified atom stereocenters. The molecule has 0 radical (unpaired) electrons. The van der Waals surface area contributed by atoms with Crippen LogP contribution >= 0.6 is 0 Å². The van der Waals surface area contributed by atoms with Crippen molar-refractivity contribution in [1.29, 1.82) is 0 Å². The molecule has 0 bridgehead atoms. The molecule has 0 aromatic heterocycles. The van der Waals surface area contributed by atoms with E-state index in [0.717, 1.165) is 36.2 Å². The summed E-state index contributed by atoms with van der Waals surface area (Å²) in [5.41, 5.74) is 3.65. The van der Waals surface area contributed by atoms with E-state index >= 15 is 0 Å². The van der Waals surface area contributed by atoms with Crippen LogP contribution in [-0.2, 0) is 14.3 Å². The average molecular weight is 412 g/mol. The average Bonchev–Trinajstić information content (AvgIpc) is 2.74. The molecule has 30 heavy (non-hydrogen) atoms. The van der Waals surface area contributed by atoms with E-state index in [4.69, 9.17) is 4.74 Å². The van der Waals surface area contributed by atoms with E-state index in [2.05, 4.69) is 22.9 Å². The second-order valence-corrected chi connectivity index (χ2v) is 6.99. The summed E-state index contributed by atoms with van der Waals surface area (Å²) in [6.07, 6.45) is 2.02. The van der Waals surface area contributed by atoms with Gasteiger partial charge in [0.1, 0.15) is 0 Å². The molecular weight excluding hydrogens is 382 g/mol. The van der Waals surface area contributed by atoms with Crippen molar-refractivity contribution in [2.45, 2.75) is 33.6 Å². The molecule has 0 heterocycles. The number of carbonyl (C=O) groups is 3. The topological polar surface area (TPSA) is 96.5 Å². The number of hydrogen-bond acceptors (Lipinski definition) is 5. The first kappa shape index (κ1) is 22.9. The lowest BCUT2D eigenvalue weighted by Crippen LogP contribution is -2.35. The van der Waals surface area contributed by atoms with Gasteiger partial charge in [-0.15, -0.1) is 0 Å². The zero-order chi connectivity index (χ0) is 21.9. The summed E-state index contributed by atoms with van der Waals surface area (Å²) in [4.78, 5) is 36.4. The van der Waals surface area contributed by atoms with Crippen molar-refractivity contribution < 1.29 is 19.1 Å². The fraction of sp³-hybridized carbons (Fsp3) is 0.348. The van der Waals surface area contributed by atoms with Crippen LogP contribution in [0.5, 0.6) is 0 Å². The minimum atomic E-state index is -0.593. The van der Waals surface area contributed by atoms with Crippen LogP contribution in [0.25, 0.3) is 0 Å². The Bertz CT molecular complexity index is 876. The number of hydrogen-bond donors (Lipinski definition) is 3. The third kappa shape index (κ3) is 6.92. The molecule has 0 saturated carbocycles. The molecule has 2 aromatic carbocycles. The molecule has 2 amide bonds. The number of para-hydroxylation sites is 2. The number of anilines is 2. The van der Waals surface area contributed by atoms with E-state index in [9.17, 15) is 14.4 Å². The number of ether oxygens (including phenoxy) is 1. The lowest BCUT2D eigenvalue weighted by molar-refractivity contribution is -0.126. The van der Waals surface area contributed by atoms with Gasteiger partial charge in [0.05, 0.1) is 12.1 Å². The van der Waals surface area contributed by atoms with E-state index in [1.54, 1.807) is 18.2 Å². The predicted octanol–water partition coefficient (Wildman–Crippen LogP) is 3.43. The number of benzene rings is 2. The quantitative estimate of drug-likeness (QED) is 0.411. The summed E-state index contributed by atoms with van der Waals surface area (Å²) in [7, 11) is 0. The molecule has 0 atom stereocenters. The fourth-order valence-corrected chi connectivity index (χ4v) is 2.85. The Morgan fingerprint density at radius 2 is 1.63 bits per heavy atom. The third-order valence-corrected chi connectivity index (χ3v) is 4.52. The summed E-state index contributed by atoms with van der Waals surface area (Å²) >= 11 is 0. The molecule has 0 aliphatic heterocycles. The maximum absolute atomic E-state index is 12.3. The van der Waals surface area contributed by atoms with Gasteiger partial charge in [0.2, 0.25) is 5.91 Å². The zero-order valence-electron chi connectivity index (χ0n) is 17.7. The second kappa shape index (κ2) is 11.6. The minimum absolute atomic E-state index is 0.209. The Morgan fingerprint density at radius 1 is 0.933 bits per heavy atom. The van der Waals surface area contributed by atoms with Crippen LogP contribution in [-0.4, -0.2) is 37.5 Å². The Balaban J connectivity index is 1.81. The Kier molecular flexibility index (Phi) is 8.87. The number of unbranched alkanes of at least 4 members (excludes halogenated alkanes) is 1. The first-order chi connectivity index (χ1) is 14.4. The third-order valence-electron chi connectivity index (χ3n) is 4.52. The van der Waals surface area contributed by atoms with Gasteiger partial charge in [0.25, 0.3) is 5.91 Å². The number of aryl methyl sites for hydroxylation is 2. The molecule has 0 spiro atoms. The standard InChI is InChI=1S/C23H29N3O4/c1-4-5-13-24-19-12-7-6-11-18(19)23(29)30-15-21(28)25-14-20(27)26-22-16(2)9-8-10-17(22)3/h6-12,24H,4-5,13-15H2,1-3H3,(H,25,28)(H,26,27). The molecule has 7 heteroatoms. The zero-order valence-corrected chi connectivity index (χ0v) is 17.7. The lowest BCUT2D eigenvalue weighted by atomic mass is 10.1. The smallest absolute Gasteiger partial charge is 0.340 e. The first-order valence-corrected chi connectivity index (χ1v) is 10.0. The normalized spacial score (nSPS) is 10.2. The van der Waals surface area contributed by atoms with Gasteiger partial charge >= 0.3 is 5.97 Å². The van der Waals surface area contributed by atoms with Gasteiger partial charge in [-0.3, -0.25) is 9.59 Å². The summed E-state index contributed by atoms with van der Waals surface area (Å²) in [6, 6.07) is 12.7. The molecule has 2 aromatic rings. The minimum Gasteiger partial charge on any atom is -0.452 e. The Labute approximate surface area is 177 Å². The van der Waals surface area contributed by atoms with Crippen LogP contribution in [0, 0.1) is 13.8 Å². The SMILES string of the molecule is CCCCNc1ccccc1C(=O)OCC(=O)NCC(=O)Nc1c(C)cccc1C. The molecule has 7 nitrogen and oxygen atoms in total. The summed E-state index contributed by atoms with van der Waals surface area (Å²) in [5, 5.41) is 8.45. The second-order valence-electron chi connectivity index (χ2n) is 6.99. The largest absolute Gasteiger partial charge is 0.452 e. The van der Waals surface area contributed by atoms with Crippen LogP contribution in [0.4, 0.5) is 11.4 Å². The first-order valence-electron chi connectivity index (χ1n) is 10.0. The van der Waals surface area contributed by atoms with Crippen molar-refractivity contribution in [3.8, 4) is 0 Å². The highest BCUT2D eigenvalue weighted by molar-refractivity contribution is 5.98. The molecule has 160 valence electrons.